The summed E-state index contributed by atoms with van der Waals surface area (Å²) in [5, 5.41) is 21.9. The van der Waals surface area contributed by atoms with Gasteiger partial charge in [0.15, 0.2) is 0 Å². The summed E-state index contributed by atoms with van der Waals surface area (Å²) >= 11 is 0. The van der Waals surface area contributed by atoms with E-state index in [1.165, 1.54) is 46.5 Å². The maximum absolute atomic E-state index is 10.9. The molecule has 0 saturated carbocycles. The van der Waals surface area contributed by atoms with Gasteiger partial charge in [0.25, 0.3) is 11.4 Å². The van der Waals surface area contributed by atoms with E-state index in [-0.39, 0.29) is 16.8 Å². The average molecular weight is 517 g/mol. The fraction of sp³-hybridized carbons (Fsp3) is 0.152. The van der Waals surface area contributed by atoms with Gasteiger partial charge >= 0.3 is 0 Å². The van der Waals surface area contributed by atoms with Crippen LogP contribution in [0.4, 0.5) is 11.4 Å². The molecule has 0 aromatic heterocycles. The van der Waals surface area contributed by atoms with Crippen molar-refractivity contribution >= 4 is 35.7 Å². The Morgan fingerprint density at radius 1 is 0.564 bits per heavy atom. The van der Waals surface area contributed by atoms with Crippen LogP contribution in [0.2, 0.25) is 0 Å². The van der Waals surface area contributed by atoms with Gasteiger partial charge in [-0.1, -0.05) is 74.5 Å². The number of fused-ring (bicyclic) bond motifs is 3. The molecule has 0 spiro atoms. The Balaban J connectivity index is 1.45. The minimum absolute atomic E-state index is 0.0834. The van der Waals surface area contributed by atoms with Crippen LogP contribution in [0.1, 0.15) is 60.1 Å². The molecule has 0 bridgehead atoms. The molecule has 6 nitrogen and oxygen atoms in total. The molecular formula is C33H28N2O4. The second kappa shape index (κ2) is 10.5. The second-order valence-electron chi connectivity index (χ2n) is 9.76. The third-order valence-electron chi connectivity index (χ3n) is 7.76. The molecule has 0 atom stereocenters. The lowest BCUT2D eigenvalue weighted by molar-refractivity contribution is -0.385. The largest absolute Gasteiger partial charge is 0.269 e. The zero-order valence-electron chi connectivity index (χ0n) is 21.8. The number of hydrogen-bond acceptors (Lipinski definition) is 4. The molecular weight excluding hydrogens is 488 g/mol. The number of rotatable bonds is 8. The molecule has 194 valence electrons. The maximum Gasteiger partial charge on any atom is 0.269 e. The minimum Gasteiger partial charge on any atom is -0.258 e. The number of non-ortho nitro benzene ring substituents is 2. The van der Waals surface area contributed by atoms with E-state index in [4.69, 9.17) is 0 Å². The van der Waals surface area contributed by atoms with Crippen molar-refractivity contribution in [2.24, 2.45) is 0 Å². The molecule has 0 aliphatic heterocycles. The van der Waals surface area contributed by atoms with Gasteiger partial charge in [-0.25, -0.2) is 0 Å². The zero-order chi connectivity index (χ0) is 27.6. The lowest BCUT2D eigenvalue weighted by Gasteiger charge is -2.30. The van der Waals surface area contributed by atoms with Crippen molar-refractivity contribution in [1.29, 1.82) is 0 Å². The van der Waals surface area contributed by atoms with E-state index in [2.05, 4.69) is 62.4 Å². The van der Waals surface area contributed by atoms with E-state index in [9.17, 15) is 20.2 Å². The molecule has 0 heterocycles. The predicted molar refractivity (Wildman–Crippen MR) is 157 cm³/mol. The Morgan fingerprint density at radius 2 is 0.897 bits per heavy atom. The first kappa shape index (κ1) is 25.8. The highest BCUT2D eigenvalue weighted by Gasteiger charge is 2.40. The van der Waals surface area contributed by atoms with Gasteiger partial charge in [0, 0.05) is 29.7 Å². The highest BCUT2D eigenvalue weighted by atomic mass is 16.6. The van der Waals surface area contributed by atoms with E-state index in [1.807, 2.05) is 12.2 Å². The summed E-state index contributed by atoms with van der Waals surface area (Å²) in [4.78, 5) is 21.1. The molecule has 1 aliphatic rings. The summed E-state index contributed by atoms with van der Waals surface area (Å²) in [6.07, 6.45) is 10.0. The molecule has 0 amide bonds. The number of nitro groups is 2. The first-order valence-electron chi connectivity index (χ1n) is 13.0. The molecule has 0 N–H and O–H groups in total. The molecule has 6 heteroatoms. The van der Waals surface area contributed by atoms with Crippen molar-refractivity contribution in [3.8, 4) is 11.1 Å². The number of benzene rings is 4. The van der Waals surface area contributed by atoms with Crippen LogP contribution in [0, 0.1) is 20.2 Å². The second-order valence-corrected chi connectivity index (χ2v) is 9.76. The Kier molecular flexibility index (Phi) is 6.94. The van der Waals surface area contributed by atoms with Gasteiger partial charge in [0.2, 0.25) is 0 Å². The first-order chi connectivity index (χ1) is 18.8. The van der Waals surface area contributed by atoms with E-state index in [1.54, 1.807) is 24.3 Å². The lowest BCUT2D eigenvalue weighted by atomic mass is 9.73. The van der Waals surface area contributed by atoms with Crippen LogP contribution in [-0.4, -0.2) is 9.85 Å². The van der Waals surface area contributed by atoms with Crippen molar-refractivity contribution in [3.05, 3.63) is 139 Å². The third kappa shape index (κ3) is 4.89. The van der Waals surface area contributed by atoms with Gasteiger partial charge in [-0.15, -0.1) is 0 Å². The van der Waals surface area contributed by atoms with Gasteiger partial charge in [0.1, 0.15) is 0 Å². The molecule has 0 saturated heterocycles. The van der Waals surface area contributed by atoms with Crippen LogP contribution >= 0.6 is 0 Å². The Hall–Kier alpha value is -4.84. The van der Waals surface area contributed by atoms with Gasteiger partial charge < -0.3 is 0 Å². The van der Waals surface area contributed by atoms with Crippen LogP contribution in [0.3, 0.4) is 0 Å². The SMILES string of the molecule is CCC1(CC)c2cc(/C=C/c3ccc([N+](=O)[O-])cc3)ccc2-c2ccc(/C=C/c3ccc([N+](=O)[O-])cc3)cc21. The van der Waals surface area contributed by atoms with Crippen molar-refractivity contribution < 1.29 is 9.85 Å². The van der Waals surface area contributed by atoms with Crippen molar-refractivity contribution in [1.82, 2.24) is 0 Å². The van der Waals surface area contributed by atoms with E-state index < -0.39 is 9.85 Å². The zero-order valence-corrected chi connectivity index (χ0v) is 21.8. The number of nitro benzene ring substituents is 2. The van der Waals surface area contributed by atoms with Crippen LogP contribution in [-0.2, 0) is 5.41 Å². The molecule has 0 radical (unpaired) electrons. The molecule has 4 aromatic carbocycles. The van der Waals surface area contributed by atoms with E-state index in [0.29, 0.717) is 0 Å². The topological polar surface area (TPSA) is 86.3 Å². The molecule has 1 aliphatic carbocycles. The number of nitrogens with zero attached hydrogens (tertiary/aromatic N) is 2. The Labute approximate surface area is 227 Å². The molecule has 0 fully saturated rings. The lowest BCUT2D eigenvalue weighted by Crippen LogP contribution is -2.23. The summed E-state index contributed by atoms with van der Waals surface area (Å²) in [5.74, 6) is 0. The Bertz CT molecular complexity index is 1490. The molecule has 5 rings (SSSR count). The standard InChI is InChI=1S/C33H28N2O4/c1-3-33(4-2)31-21-25(7-5-23-9-15-27(16-10-23)34(36)37)13-19-29(31)30-20-14-26(22-32(30)33)8-6-24-11-17-28(18-12-24)35(38)39/h5-22H,3-4H2,1-2H3/b7-5+,8-6+. The van der Waals surface area contributed by atoms with Gasteiger partial charge in [-0.05, 0) is 81.6 Å². The highest BCUT2D eigenvalue weighted by Crippen LogP contribution is 2.53. The Morgan fingerprint density at radius 3 is 1.23 bits per heavy atom. The quantitative estimate of drug-likeness (QED) is 0.133. The van der Waals surface area contributed by atoms with Crippen LogP contribution < -0.4 is 0 Å². The predicted octanol–water partition coefficient (Wildman–Crippen LogP) is 8.93. The molecule has 39 heavy (non-hydrogen) atoms. The van der Waals surface area contributed by atoms with Crippen LogP contribution in [0.5, 0.6) is 0 Å². The average Bonchev–Trinajstić information content (AvgIpc) is 3.24. The third-order valence-corrected chi connectivity index (χ3v) is 7.76. The summed E-state index contributed by atoms with van der Waals surface area (Å²) in [6, 6.07) is 26.3. The van der Waals surface area contributed by atoms with Gasteiger partial charge in [-0.3, -0.25) is 20.2 Å². The van der Waals surface area contributed by atoms with Crippen molar-refractivity contribution in [3.63, 3.8) is 0 Å². The normalized spacial score (nSPS) is 13.5. The minimum atomic E-state index is -0.391. The summed E-state index contributed by atoms with van der Waals surface area (Å²) in [5.41, 5.74) is 9.22. The first-order valence-corrected chi connectivity index (χ1v) is 13.0. The fourth-order valence-corrected chi connectivity index (χ4v) is 5.55. The van der Waals surface area contributed by atoms with Crippen LogP contribution in [0.15, 0.2) is 84.9 Å². The van der Waals surface area contributed by atoms with Gasteiger partial charge in [0.05, 0.1) is 9.85 Å². The smallest absolute Gasteiger partial charge is 0.258 e. The van der Waals surface area contributed by atoms with Crippen molar-refractivity contribution in [2.45, 2.75) is 32.1 Å². The molecule has 0 unspecified atom stereocenters. The number of hydrogen-bond donors (Lipinski definition) is 0. The van der Waals surface area contributed by atoms with E-state index >= 15 is 0 Å². The van der Waals surface area contributed by atoms with Gasteiger partial charge in [-0.2, -0.15) is 0 Å². The summed E-state index contributed by atoms with van der Waals surface area (Å²) in [7, 11) is 0. The van der Waals surface area contributed by atoms with E-state index in [0.717, 1.165) is 35.1 Å². The summed E-state index contributed by atoms with van der Waals surface area (Å²) in [6.45, 7) is 4.47. The highest BCUT2D eigenvalue weighted by molar-refractivity contribution is 5.85. The molecule has 4 aromatic rings. The maximum atomic E-state index is 10.9. The van der Waals surface area contributed by atoms with Crippen LogP contribution in [0.25, 0.3) is 35.4 Å². The summed E-state index contributed by atoms with van der Waals surface area (Å²) < 4.78 is 0. The fourth-order valence-electron chi connectivity index (χ4n) is 5.55. The van der Waals surface area contributed by atoms with Crippen molar-refractivity contribution in [2.75, 3.05) is 0 Å². The monoisotopic (exact) mass is 516 g/mol.